The van der Waals surface area contributed by atoms with Crippen LogP contribution in [0, 0.1) is 0 Å². The number of ether oxygens (including phenoxy) is 1. The molecule has 0 atom stereocenters. The van der Waals surface area contributed by atoms with E-state index < -0.39 is 11.5 Å². The van der Waals surface area contributed by atoms with Crippen LogP contribution >= 0.6 is 0 Å². The molecule has 2 aromatic heterocycles. The molecule has 39 heavy (non-hydrogen) atoms. The number of nitrogens with one attached hydrogen (secondary N) is 2. The summed E-state index contributed by atoms with van der Waals surface area (Å²) in [6, 6.07) is 8.86. The predicted octanol–water partition coefficient (Wildman–Crippen LogP) is 4.05. The Hall–Kier alpha value is -3.95. The largest absolute Gasteiger partial charge is 0.444 e. The van der Waals surface area contributed by atoms with Crippen molar-refractivity contribution in [2.45, 2.75) is 71.3 Å². The van der Waals surface area contributed by atoms with Crippen molar-refractivity contribution in [3.63, 3.8) is 0 Å². The van der Waals surface area contributed by atoms with Crippen LogP contribution in [0.15, 0.2) is 41.3 Å². The monoisotopic (exact) mass is 535 g/mol. The topological polar surface area (TPSA) is 126 Å². The third-order valence-electron chi connectivity index (χ3n) is 6.83. The number of benzene rings is 1. The molecule has 1 aliphatic rings. The Balaban J connectivity index is 1.44. The van der Waals surface area contributed by atoms with Crippen LogP contribution in [0.5, 0.6) is 0 Å². The molecule has 0 unspecified atom stereocenters. The number of rotatable bonds is 5. The zero-order valence-electron chi connectivity index (χ0n) is 23.5. The van der Waals surface area contributed by atoms with Gasteiger partial charge in [0.2, 0.25) is 0 Å². The van der Waals surface area contributed by atoms with Gasteiger partial charge in [0, 0.05) is 30.6 Å². The number of fused-ring (bicyclic) bond motifs is 1. The maximum atomic E-state index is 13.0. The fourth-order valence-corrected chi connectivity index (χ4v) is 4.67. The first-order valence-corrected chi connectivity index (χ1v) is 13.2. The third kappa shape index (κ3) is 6.55. The number of likely N-dealkylation sites (tertiary alicyclic amines) is 1. The number of Topliss-reactive ketones (excluding diaryl/α,β-unsaturated/α-hetero) is 1. The molecule has 3 aromatic rings. The molecule has 0 radical (unpaired) electrons. The van der Waals surface area contributed by atoms with Gasteiger partial charge in [0.1, 0.15) is 16.8 Å². The maximum Gasteiger partial charge on any atom is 0.410 e. The van der Waals surface area contributed by atoms with Crippen molar-refractivity contribution in [3.8, 4) is 0 Å². The Bertz CT molecular complexity index is 1430. The van der Waals surface area contributed by atoms with Crippen molar-refractivity contribution in [3.05, 3.63) is 69.3 Å². The number of amides is 2. The van der Waals surface area contributed by atoms with Crippen LogP contribution in [0.4, 0.5) is 4.79 Å². The molecule has 0 spiro atoms. The summed E-state index contributed by atoms with van der Waals surface area (Å²) >= 11 is 0. The van der Waals surface area contributed by atoms with Gasteiger partial charge in [-0.25, -0.2) is 9.31 Å². The SMILES string of the molecule is CC(C)(C)OC(=O)N1CCC(c2cc(=O)[nH]c3c(C(=O)NCC(=O)c4ccc(C(C)(C)C)cc4)cnn23)CC1. The second kappa shape index (κ2) is 10.7. The highest BCUT2D eigenvalue weighted by Crippen LogP contribution is 2.29. The molecular formula is C29H37N5O5. The fourth-order valence-electron chi connectivity index (χ4n) is 4.67. The van der Waals surface area contributed by atoms with Crippen molar-refractivity contribution < 1.29 is 19.1 Å². The number of hydrogen-bond donors (Lipinski definition) is 2. The van der Waals surface area contributed by atoms with E-state index in [1.807, 2.05) is 32.9 Å². The Morgan fingerprint density at radius 1 is 1.05 bits per heavy atom. The van der Waals surface area contributed by atoms with Crippen molar-refractivity contribution in [2.75, 3.05) is 19.6 Å². The molecule has 3 heterocycles. The van der Waals surface area contributed by atoms with Crippen molar-refractivity contribution in [1.82, 2.24) is 24.8 Å². The van der Waals surface area contributed by atoms with E-state index in [9.17, 15) is 19.2 Å². The van der Waals surface area contributed by atoms with Crippen LogP contribution in [0.1, 0.15) is 92.3 Å². The van der Waals surface area contributed by atoms with E-state index in [-0.39, 0.29) is 46.5 Å². The molecule has 1 saturated heterocycles. The number of carbonyl (C=O) groups excluding carboxylic acids is 3. The van der Waals surface area contributed by atoms with E-state index in [2.05, 4.69) is 36.2 Å². The average Bonchev–Trinajstić information content (AvgIpc) is 3.29. The quantitative estimate of drug-likeness (QED) is 0.475. The number of ketones is 1. The number of hydrogen-bond acceptors (Lipinski definition) is 6. The second-order valence-electron chi connectivity index (χ2n) is 12.1. The number of carbonyl (C=O) groups is 3. The summed E-state index contributed by atoms with van der Waals surface area (Å²) in [5, 5.41) is 7.03. The molecule has 10 nitrogen and oxygen atoms in total. The molecule has 1 fully saturated rings. The summed E-state index contributed by atoms with van der Waals surface area (Å²) < 4.78 is 7.04. The Morgan fingerprint density at radius 3 is 2.28 bits per heavy atom. The van der Waals surface area contributed by atoms with Crippen LogP contribution in [0.3, 0.4) is 0 Å². The molecule has 10 heteroatoms. The van der Waals surface area contributed by atoms with Crippen molar-refractivity contribution in [1.29, 1.82) is 0 Å². The van der Waals surface area contributed by atoms with Crippen molar-refractivity contribution in [2.24, 2.45) is 0 Å². The van der Waals surface area contributed by atoms with Gasteiger partial charge in [-0.1, -0.05) is 45.0 Å². The maximum absolute atomic E-state index is 13.0. The van der Waals surface area contributed by atoms with Gasteiger partial charge in [-0.3, -0.25) is 14.4 Å². The summed E-state index contributed by atoms with van der Waals surface area (Å²) in [4.78, 5) is 55.0. The van der Waals surface area contributed by atoms with Gasteiger partial charge in [-0.05, 0) is 44.6 Å². The van der Waals surface area contributed by atoms with Crippen LogP contribution in [0.25, 0.3) is 5.65 Å². The molecule has 4 rings (SSSR count). The zero-order valence-corrected chi connectivity index (χ0v) is 23.5. The number of piperidine rings is 1. The minimum atomic E-state index is -0.569. The molecule has 0 aliphatic carbocycles. The number of aromatic nitrogens is 3. The molecule has 2 amide bonds. The summed E-state index contributed by atoms with van der Waals surface area (Å²) in [6.07, 6.45) is 2.29. The first kappa shape index (κ1) is 28.1. The number of H-pyrrole nitrogens is 1. The minimum Gasteiger partial charge on any atom is -0.444 e. The first-order chi connectivity index (χ1) is 18.2. The highest BCUT2D eigenvalue weighted by molar-refractivity contribution is 6.04. The molecular weight excluding hydrogens is 498 g/mol. The van der Waals surface area contributed by atoms with Crippen LogP contribution in [-0.4, -0.2) is 62.5 Å². The van der Waals surface area contributed by atoms with Gasteiger partial charge in [0.15, 0.2) is 5.78 Å². The summed E-state index contributed by atoms with van der Waals surface area (Å²) in [6.45, 7) is 12.6. The summed E-state index contributed by atoms with van der Waals surface area (Å²) in [5.74, 6) is -0.745. The van der Waals surface area contributed by atoms with E-state index >= 15 is 0 Å². The van der Waals surface area contributed by atoms with Gasteiger partial charge in [-0.2, -0.15) is 5.10 Å². The predicted molar refractivity (Wildman–Crippen MR) is 147 cm³/mol. The lowest BCUT2D eigenvalue weighted by Gasteiger charge is -2.33. The van der Waals surface area contributed by atoms with E-state index in [0.29, 0.717) is 37.2 Å². The Kier molecular flexibility index (Phi) is 7.68. The van der Waals surface area contributed by atoms with E-state index in [4.69, 9.17) is 4.74 Å². The lowest BCUT2D eigenvalue weighted by Crippen LogP contribution is -2.41. The smallest absolute Gasteiger partial charge is 0.410 e. The highest BCUT2D eigenvalue weighted by atomic mass is 16.6. The van der Waals surface area contributed by atoms with Crippen LogP contribution in [0.2, 0.25) is 0 Å². The molecule has 208 valence electrons. The average molecular weight is 536 g/mol. The fraction of sp³-hybridized carbons (Fsp3) is 0.483. The Labute approximate surface area is 227 Å². The zero-order chi connectivity index (χ0) is 28.5. The minimum absolute atomic E-state index is 0.0236. The molecule has 0 bridgehead atoms. The molecule has 1 aliphatic heterocycles. The van der Waals surface area contributed by atoms with Crippen LogP contribution < -0.4 is 10.9 Å². The normalized spacial score (nSPS) is 14.9. The van der Waals surface area contributed by atoms with Gasteiger partial charge < -0.3 is 19.9 Å². The number of aromatic amines is 1. The number of nitrogens with zero attached hydrogens (tertiary/aromatic N) is 3. The van der Waals surface area contributed by atoms with Gasteiger partial charge >= 0.3 is 6.09 Å². The van der Waals surface area contributed by atoms with Crippen LogP contribution in [-0.2, 0) is 10.2 Å². The van der Waals surface area contributed by atoms with Gasteiger partial charge in [0.05, 0.1) is 18.4 Å². The molecule has 2 N–H and O–H groups in total. The molecule has 0 saturated carbocycles. The third-order valence-corrected chi connectivity index (χ3v) is 6.83. The first-order valence-electron chi connectivity index (χ1n) is 13.2. The standard InChI is InChI=1S/C29H37N5O5/c1-28(2,3)20-9-7-19(8-10-20)23(35)17-30-26(37)21-16-31-34-22(15-24(36)32-25(21)34)18-11-13-33(14-12-18)27(38)39-29(4,5)6/h7-10,15-16,18H,11-14,17H2,1-6H3,(H,30,37)(H,32,36). The summed E-state index contributed by atoms with van der Waals surface area (Å²) in [7, 11) is 0. The lowest BCUT2D eigenvalue weighted by molar-refractivity contribution is 0.0203. The Morgan fingerprint density at radius 2 is 1.69 bits per heavy atom. The van der Waals surface area contributed by atoms with E-state index in [1.165, 1.54) is 12.3 Å². The van der Waals surface area contributed by atoms with Gasteiger partial charge in [0.25, 0.3) is 11.5 Å². The second-order valence-corrected chi connectivity index (χ2v) is 12.1. The highest BCUT2D eigenvalue weighted by Gasteiger charge is 2.29. The lowest BCUT2D eigenvalue weighted by atomic mass is 9.86. The van der Waals surface area contributed by atoms with E-state index in [0.717, 1.165) is 5.56 Å². The molecule has 1 aromatic carbocycles. The van der Waals surface area contributed by atoms with E-state index in [1.54, 1.807) is 21.5 Å². The van der Waals surface area contributed by atoms with Crippen molar-refractivity contribution >= 4 is 23.4 Å². The van der Waals surface area contributed by atoms with Gasteiger partial charge in [-0.15, -0.1) is 0 Å². The summed E-state index contributed by atoms with van der Waals surface area (Å²) in [5.41, 5.74) is 1.80.